The molecule has 0 spiro atoms. The van der Waals surface area contributed by atoms with E-state index in [1.165, 1.54) is 12.8 Å². The molecule has 2 N–H and O–H groups in total. The van der Waals surface area contributed by atoms with E-state index < -0.39 is 0 Å². The van der Waals surface area contributed by atoms with Crippen LogP contribution in [0.25, 0.3) is 0 Å². The van der Waals surface area contributed by atoms with Gasteiger partial charge in [0.25, 0.3) is 0 Å². The summed E-state index contributed by atoms with van der Waals surface area (Å²) >= 11 is 0. The third kappa shape index (κ3) is 5.58. The van der Waals surface area contributed by atoms with Crippen molar-refractivity contribution in [3.63, 3.8) is 0 Å². The minimum atomic E-state index is -0.0925. The van der Waals surface area contributed by atoms with E-state index in [0.29, 0.717) is 0 Å². The van der Waals surface area contributed by atoms with Crippen LogP contribution in [0.15, 0.2) is 0 Å². The minimum absolute atomic E-state index is 0.0925. The maximum atomic E-state index is 9.17. The number of hydrogen-bond acceptors (Lipinski definition) is 3. The predicted octanol–water partition coefficient (Wildman–Crippen LogP) is 1.08. The van der Waals surface area contributed by atoms with Gasteiger partial charge in [0.2, 0.25) is 0 Å². The van der Waals surface area contributed by atoms with Crippen LogP contribution in [0.5, 0.6) is 0 Å². The van der Waals surface area contributed by atoms with E-state index in [4.69, 9.17) is 5.11 Å². The topological polar surface area (TPSA) is 35.5 Å². The molecule has 0 saturated heterocycles. The number of aliphatic hydroxyl groups excluding tert-OH is 1. The molecular weight excluding hydrogens is 176 g/mol. The molecule has 0 amide bonds. The van der Waals surface area contributed by atoms with Crippen LogP contribution in [0.1, 0.15) is 33.1 Å². The maximum absolute atomic E-state index is 9.17. The molecular formula is C11H26N2O. The van der Waals surface area contributed by atoms with Crippen LogP contribution in [0.4, 0.5) is 0 Å². The van der Waals surface area contributed by atoms with Gasteiger partial charge < -0.3 is 15.3 Å². The van der Waals surface area contributed by atoms with Crippen molar-refractivity contribution in [1.82, 2.24) is 10.2 Å². The summed E-state index contributed by atoms with van der Waals surface area (Å²) in [5.41, 5.74) is -0.0925. The first-order valence-corrected chi connectivity index (χ1v) is 5.56. The summed E-state index contributed by atoms with van der Waals surface area (Å²) in [5, 5.41) is 12.3. The Kier molecular flexibility index (Phi) is 7.15. The maximum Gasteiger partial charge on any atom is 0.0610 e. The number of aliphatic hydroxyl groups is 1. The van der Waals surface area contributed by atoms with E-state index in [1.807, 2.05) is 7.05 Å². The van der Waals surface area contributed by atoms with E-state index in [2.05, 4.69) is 31.1 Å². The molecule has 14 heavy (non-hydrogen) atoms. The Morgan fingerprint density at radius 1 is 1.36 bits per heavy atom. The Morgan fingerprint density at radius 2 is 2.00 bits per heavy atom. The van der Waals surface area contributed by atoms with E-state index in [9.17, 15) is 0 Å². The minimum Gasteiger partial charge on any atom is -0.394 e. The molecule has 1 unspecified atom stereocenters. The zero-order valence-electron chi connectivity index (χ0n) is 10.1. The van der Waals surface area contributed by atoms with Gasteiger partial charge in [-0.1, -0.05) is 13.3 Å². The van der Waals surface area contributed by atoms with Crippen molar-refractivity contribution in [2.24, 2.45) is 0 Å². The summed E-state index contributed by atoms with van der Waals surface area (Å²) in [6, 6.07) is 0. The molecule has 0 radical (unpaired) electrons. The van der Waals surface area contributed by atoms with Crippen molar-refractivity contribution in [3.05, 3.63) is 0 Å². The molecule has 0 bridgehead atoms. The SMILES string of the molecule is CCN(C)CCCCC(C)(CO)NC. The quantitative estimate of drug-likeness (QED) is 0.578. The molecule has 0 aromatic heterocycles. The van der Waals surface area contributed by atoms with Crippen LogP contribution in [0, 0.1) is 0 Å². The Bertz CT molecular complexity index is 135. The normalized spacial score (nSPS) is 15.9. The van der Waals surface area contributed by atoms with Gasteiger partial charge in [0.05, 0.1) is 6.61 Å². The summed E-state index contributed by atoms with van der Waals surface area (Å²) in [6.07, 6.45) is 3.42. The molecule has 3 nitrogen and oxygen atoms in total. The first-order chi connectivity index (χ1) is 6.58. The molecule has 0 heterocycles. The molecule has 0 aromatic carbocycles. The zero-order valence-corrected chi connectivity index (χ0v) is 10.1. The highest BCUT2D eigenvalue weighted by molar-refractivity contribution is 4.80. The van der Waals surface area contributed by atoms with Crippen molar-refractivity contribution in [2.45, 2.75) is 38.6 Å². The fourth-order valence-corrected chi connectivity index (χ4v) is 1.34. The average Bonchev–Trinajstić information content (AvgIpc) is 2.23. The van der Waals surface area contributed by atoms with Crippen LogP contribution in [-0.4, -0.2) is 49.3 Å². The Labute approximate surface area is 88.5 Å². The number of nitrogens with one attached hydrogen (secondary N) is 1. The van der Waals surface area contributed by atoms with Crippen LogP contribution in [0.2, 0.25) is 0 Å². The van der Waals surface area contributed by atoms with Crippen LogP contribution in [0.3, 0.4) is 0 Å². The number of rotatable bonds is 8. The number of unbranched alkanes of at least 4 members (excludes halogenated alkanes) is 1. The number of nitrogens with zero attached hydrogens (tertiary/aromatic N) is 1. The summed E-state index contributed by atoms with van der Waals surface area (Å²) < 4.78 is 0. The smallest absolute Gasteiger partial charge is 0.0610 e. The Balaban J connectivity index is 3.52. The van der Waals surface area contributed by atoms with Crippen LogP contribution < -0.4 is 5.32 Å². The molecule has 0 aromatic rings. The summed E-state index contributed by atoms with van der Waals surface area (Å²) in [5.74, 6) is 0. The highest BCUT2D eigenvalue weighted by Gasteiger charge is 2.19. The van der Waals surface area contributed by atoms with Crippen molar-refractivity contribution in [1.29, 1.82) is 0 Å². The predicted molar refractivity (Wildman–Crippen MR) is 61.6 cm³/mol. The van der Waals surface area contributed by atoms with Gasteiger partial charge in [-0.25, -0.2) is 0 Å². The molecule has 3 heteroatoms. The zero-order chi connectivity index (χ0) is 11.0. The van der Waals surface area contributed by atoms with Crippen molar-refractivity contribution >= 4 is 0 Å². The molecule has 0 rings (SSSR count). The lowest BCUT2D eigenvalue weighted by molar-refractivity contribution is 0.169. The first-order valence-electron chi connectivity index (χ1n) is 5.56. The van der Waals surface area contributed by atoms with Gasteiger partial charge in [-0.2, -0.15) is 0 Å². The summed E-state index contributed by atoms with van der Waals surface area (Å²) in [4.78, 5) is 2.32. The van der Waals surface area contributed by atoms with Crippen LogP contribution in [-0.2, 0) is 0 Å². The molecule has 1 atom stereocenters. The second-order valence-corrected chi connectivity index (χ2v) is 4.32. The monoisotopic (exact) mass is 202 g/mol. The number of hydrogen-bond donors (Lipinski definition) is 2. The average molecular weight is 202 g/mol. The van der Waals surface area contributed by atoms with Gasteiger partial charge in [0.15, 0.2) is 0 Å². The van der Waals surface area contributed by atoms with Gasteiger partial charge in [0.1, 0.15) is 0 Å². The van der Waals surface area contributed by atoms with E-state index in [-0.39, 0.29) is 12.1 Å². The number of likely N-dealkylation sites (N-methyl/N-ethyl adjacent to an activating group) is 1. The lowest BCUT2D eigenvalue weighted by Crippen LogP contribution is -2.43. The second-order valence-electron chi connectivity index (χ2n) is 4.32. The second kappa shape index (κ2) is 7.21. The van der Waals surface area contributed by atoms with E-state index >= 15 is 0 Å². The highest BCUT2D eigenvalue weighted by Crippen LogP contribution is 2.12. The van der Waals surface area contributed by atoms with Gasteiger partial charge in [-0.15, -0.1) is 0 Å². The summed E-state index contributed by atoms with van der Waals surface area (Å²) in [7, 11) is 4.05. The van der Waals surface area contributed by atoms with Crippen molar-refractivity contribution < 1.29 is 5.11 Å². The third-order valence-corrected chi connectivity index (χ3v) is 3.01. The molecule has 0 aliphatic heterocycles. The fourth-order valence-electron chi connectivity index (χ4n) is 1.34. The van der Waals surface area contributed by atoms with Gasteiger partial charge in [0, 0.05) is 5.54 Å². The van der Waals surface area contributed by atoms with Gasteiger partial charge in [-0.05, 0) is 47.0 Å². The van der Waals surface area contributed by atoms with Crippen molar-refractivity contribution in [2.75, 3.05) is 33.8 Å². The van der Waals surface area contributed by atoms with Gasteiger partial charge >= 0.3 is 0 Å². The summed E-state index contributed by atoms with van der Waals surface area (Å²) in [6.45, 7) is 6.72. The standard InChI is InChI=1S/C11H26N2O/c1-5-13(4)9-7-6-8-11(2,10-14)12-3/h12,14H,5-10H2,1-4H3. The molecule has 0 fully saturated rings. The molecule has 86 valence electrons. The Hall–Kier alpha value is -0.120. The Morgan fingerprint density at radius 3 is 2.43 bits per heavy atom. The van der Waals surface area contributed by atoms with Gasteiger partial charge in [-0.3, -0.25) is 0 Å². The molecule has 0 aliphatic carbocycles. The molecule has 0 aliphatic rings. The van der Waals surface area contributed by atoms with Crippen molar-refractivity contribution in [3.8, 4) is 0 Å². The van der Waals surface area contributed by atoms with E-state index in [0.717, 1.165) is 19.5 Å². The lowest BCUT2D eigenvalue weighted by atomic mass is 9.96. The third-order valence-electron chi connectivity index (χ3n) is 3.01. The van der Waals surface area contributed by atoms with Crippen LogP contribution >= 0.6 is 0 Å². The largest absolute Gasteiger partial charge is 0.394 e. The fraction of sp³-hybridized carbons (Fsp3) is 1.00. The lowest BCUT2D eigenvalue weighted by Gasteiger charge is -2.27. The highest BCUT2D eigenvalue weighted by atomic mass is 16.3. The first kappa shape index (κ1) is 13.9. The van der Waals surface area contributed by atoms with E-state index in [1.54, 1.807) is 0 Å². The molecule has 0 saturated carbocycles.